The first-order valence-electron chi connectivity index (χ1n) is 15.3. The van der Waals surface area contributed by atoms with Crippen LogP contribution in [-0.2, 0) is 23.9 Å². The molecule has 1 amide bonds. The zero-order valence-corrected chi connectivity index (χ0v) is 25.6. The summed E-state index contributed by atoms with van der Waals surface area (Å²) >= 11 is 0. The molecule has 0 radical (unpaired) electrons. The van der Waals surface area contributed by atoms with E-state index in [0.717, 1.165) is 55.3 Å². The molecule has 2 aliphatic rings. The Morgan fingerprint density at radius 2 is 1.63 bits per heavy atom. The molecule has 0 aliphatic carbocycles. The van der Waals surface area contributed by atoms with Crippen LogP contribution in [0.1, 0.15) is 49.3 Å². The smallest absolute Gasteiger partial charge is 0.334 e. The van der Waals surface area contributed by atoms with Crippen molar-refractivity contribution in [3.63, 3.8) is 0 Å². The fourth-order valence-corrected chi connectivity index (χ4v) is 5.72. The standard InChI is InChI=1S/C35H36F5N5O/c1-3-31-23(2)42-32(16-13-27-5-4-6-30(36)34(27)37)45(43-31)22-33(46)44(29-17-19-41-20-18-29)21-24-7-9-25(10-8-24)26-11-14-28(15-12-26)35(38,39)40/h4-12,14-15,29,41H,2-3,13,16-22H2,1H3. The Bertz CT molecular complexity index is 1610. The largest absolute Gasteiger partial charge is 0.416 e. The van der Waals surface area contributed by atoms with Gasteiger partial charge in [-0.25, -0.2) is 18.8 Å². The summed E-state index contributed by atoms with van der Waals surface area (Å²) in [5, 5.41) is 9.56. The van der Waals surface area contributed by atoms with E-state index in [4.69, 9.17) is 0 Å². The Hall–Kier alpha value is -4.38. The number of carbonyl (C=O) groups is 1. The molecule has 6 nitrogen and oxygen atoms in total. The molecule has 0 saturated carbocycles. The van der Waals surface area contributed by atoms with Gasteiger partial charge in [0.1, 0.15) is 12.4 Å². The lowest BCUT2D eigenvalue weighted by Gasteiger charge is -2.36. The summed E-state index contributed by atoms with van der Waals surface area (Å²) in [5.74, 6) is -1.53. The average Bonchev–Trinajstić information content (AvgIpc) is 3.05. The number of aliphatic imine (C=N–C) groups is 1. The van der Waals surface area contributed by atoms with Crippen LogP contribution in [0.25, 0.3) is 11.1 Å². The van der Waals surface area contributed by atoms with Gasteiger partial charge in [-0.15, -0.1) is 0 Å². The number of carbonyl (C=O) groups excluding carboxylic acids is 1. The van der Waals surface area contributed by atoms with Gasteiger partial charge in [-0.05, 0) is 79.2 Å². The number of nitrogens with zero attached hydrogens (tertiary/aromatic N) is 4. The zero-order chi connectivity index (χ0) is 32.8. The second kappa shape index (κ2) is 14.4. The number of piperidine rings is 1. The number of alkyl halides is 3. The van der Waals surface area contributed by atoms with E-state index in [1.54, 1.807) is 5.01 Å². The second-order valence-electron chi connectivity index (χ2n) is 11.4. The monoisotopic (exact) mass is 637 g/mol. The van der Waals surface area contributed by atoms with Crippen LogP contribution in [-0.4, -0.2) is 53.0 Å². The van der Waals surface area contributed by atoms with E-state index in [1.807, 2.05) is 36.1 Å². The average molecular weight is 638 g/mol. The maximum Gasteiger partial charge on any atom is 0.416 e. The highest BCUT2D eigenvalue weighted by atomic mass is 19.4. The van der Waals surface area contributed by atoms with Crippen molar-refractivity contribution < 1.29 is 26.7 Å². The minimum atomic E-state index is -4.40. The molecule has 11 heteroatoms. The van der Waals surface area contributed by atoms with E-state index in [-0.39, 0.29) is 36.9 Å². The summed E-state index contributed by atoms with van der Waals surface area (Å²) in [4.78, 5) is 20.5. The second-order valence-corrected chi connectivity index (χ2v) is 11.4. The van der Waals surface area contributed by atoms with Gasteiger partial charge in [0, 0.05) is 19.0 Å². The molecule has 46 heavy (non-hydrogen) atoms. The Balaban J connectivity index is 1.33. The highest BCUT2D eigenvalue weighted by Crippen LogP contribution is 2.31. The Labute approximate surface area is 265 Å². The van der Waals surface area contributed by atoms with Gasteiger partial charge in [-0.1, -0.05) is 62.0 Å². The summed E-state index contributed by atoms with van der Waals surface area (Å²) in [6.07, 6.45) is -1.90. The molecule has 2 heterocycles. The highest BCUT2D eigenvalue weighted by molar-refractivity contribution is 6.05. The predicted molar refractivity (Wildman–Crippen MR) is 169 cm³/mol. The number of halogens is 5. The lowest BCUT2D eigenvalue weighted by atomic mass is 10.0. The number of benzene rings is 3. The normalized spacial score (nSPS) is 15.9. The number of hydrazone groups is 1. The Morgan fingerprint density at radius 3 is 2.26 bits per heavy atom. The molecule has 1 fully saturated rings. The number of amidine groups is 1. The van der Waals surface area contributed by atoms with Gasteiger partial charge in [-0.3, -0.25) is 4.79 Å². The molecule has 3 aromatic carbocycles. The van der Waals surface area contributed by atoms with Crippen LogP contribution in [0.3, 0.4) is 0 Å². The van der Waals surface area contributed by atoms with E-state index in [1.165, 1.54) is 24.3 Å². The van der Waals surface area contributed by atoms with E-state index >= 15 is 0 Å². The van der Waals surface area contributed by atoms with Crippen LogP contribution in [0, 0.1) is 11.6 Å². The molecule has 0 atom stereocenters. The molecule has 5 rings (SSSR count). The molecular weight excluding hydrogens is 601 g/mol. The zero-order valence-electron chi connectivity index (χ0n) is 25.6. The van der Waals surface area contributed by atoms with Gasteiger partial charge in [0.15, 0.2) is 11.6 Å². The molecule has 3 aromatic rings. The first-order chi connectivity index (χ1) is 22.0. The van der Waals surface area contributed by atoms with Gasteiger partial charge >= 0.3 is 6.18 Å². The number of hydrogen-bond donors (Lipinski definition) is 1. The first kappa shape index (κ1) is 33.0. The van der Waals surface area contributed by atoms with Crippen LogP contribution in [0.15, 0.2) is 89.1 Å². The quantitative estimate of drug-likeness (QED) is 0.237. The number of allylic oxidation sites excluding steroid dienone is 1. The number of nitrogens with one attached hydrogen (secondary N) is 1. The summed E-state index contributed by atoms with van der Waals surface area (Å²) in [6, 6.07) is 16.5. The van der Waals surface area contributed by atoms with Crippen molar-refractivity contribution in [2.75, 3.05) is 19.6 Å². The van der Waals surface area contributed by atoms with Gasteiger partial charge in [-0.2, -0.15) is 18.3 Å². The summed E-state index contributed by atoms with van der Waals surface area (Å²) in [6.45, 7) is 7.71. The third kappa shape index (κ3) is 7.88. The van der Waals surface area contributed by atoms with E-state index in [2.05, 4.69) is 22.0 Å². The third-order valence-electron chi connectivity index (χ3n) is 8.33. The molecule has 0 spiro atoms. The SMILES string of the molecule is C=C1N=C(CCc2cccc(F)c2F)N(CC(=O)N(Cc2ccc(-c3ccc(C(F)(F)F)cc3)cc2)C2CCNCC2)N=C1CC. The summed E-state index contributed by atoms with van der Waals surface area (Å²) in [5.41, 5.74) is 2.93. The lowest BCUT2D eigenvalue weighted by molar-refractivity contribution is -0.137. The molecule has 1 saturated heterocycles. The van der Waals surface area contributed by atoms with Crippen LogP contribution < -0.4 is 5.32 Å². The van der Waals surface area contributed by atoms with Gasteiger partial charge < -0.3 is 10.2 Å². The molecule has 0 aromatic heterocycles. The van der Waals surface area contributed by atoms with Gasteiger partial charge in [0.25, 0.3) is 0 Å². The van der Waals surface area contributed by atoms with Crippen molar-refractivity contribution in [2.24, 2.45) is 10.1 Å². The number of aryl methyl sites for hydroxylation is 1. The number of amides is 1. The molecular formula is C35H36F5N5O. The fourth-order valence-electron chi connectivity index (χ4n) is 5.72. The maximum absolute atomic E-state index is 14.4. The Kier molecular flexibility index (Phi) is 10.3. The van der Waals surface area contributed by atoms with Crippen molar-refractivity contribution in [1.29, 1.82) is 0 Å². The molecule has 2 aliphatic heterocycles. The molecule has 1 N–H and O–H groups in total. The maximum atomic E-state index is 14.4. The molecule has 0 bridgehead atoms. The molecule has 242 valence electrons. The van der Waals surface area contributed by atoms with Gasteiger partial charge in [0.05, 0.1) is 17.0 Å². The summed E-state index contributed by atoms with van der Waals surface area (Å²) < 4.78 is 67.2. The van der Waals surface area contributed by atoms with Crippen molar-refractivity contribution >= 4 is 17.5 Å². The molecule has 0 unspecified atom stereocenters. The van der Waals surface area contributed by atoms with Crippen LogP contribution >= 0.6 is 0 Å². The minimum absolute atomic E-state index is 0.0144. The van der Waals surface area contributed by atoms with E-state index < -0.39 is 23.4 Å². The summed E-state index contributed by atoms with van der Waals surface area (Å²) in [7, 11) is 0. The Morgan fingerprint density at radius 1 is 0.978 bits per heavy atom. The first-order valence-corrected chi connectivity index (χ1v) is 15.3. The number of rotatable bonds is 10. The van der Waals surface area contributed by atoms with Crippen LogP contribution in [0.2, 0.25) is 0 Å². The van der Waals surface area contributed by atoms with Crippen molar-refractivity contribution in [1.82, 2.24) is 15.2 Å². The minimum Gasteiger partial charge on any atom is -0.334 e. The fraction of sp³-hybridized carbons (Fsp3) is 0.343. The van der Waals surface area contributed by atoms with Crippen molar-refractivity contribution in [2.45, 2.75) is 57.8 Å². The lowest BCUT2D eigenvalue weighted by Crippen LogP contribution is -2.49. The van der Waals surface area contributed by atoms with E-state index in [0.29, 0.717) is 35.8 Å². The van der Waals surface area contributed by atoms with Gasteiger partial charge in [0.2, 0.25) is 5.91 Å². The van der Waals surface area contributed by atoms with Crippen molar-refractivity contribution in [3.8, 4) is 11.1 Å². The highest BCUT2D eigenvalue weighted by Gasteiger charge is 2.31. The van der Waals surface area contributed by atoms with Crippen molar-refractivity contribution in [3.05, 3.63) is 107 Å². The van der Waals surface area contributed by atoms with Crippen LogP contribution in [0.5, 0.6) is 0 Å². The van der Waals surface area contributed by atoms with E-state index in [9.17, 15) is 26.7 Å². The predicted octanol–water partition coefficient (Wildman–Crippen LogP) is 7.36. The van der Waals surface area contributed by atoms with Crippen LogP contribution in [0.4, 0.5) is 22.0 Å². The topological polar surface area (TPSA) is 60.3 Å². The third-order valence-corrected chi connectivity index (χ3v) is 8.33. The number of hydrogen-bond acceptors (Lipinski definition) is 5.